The molecule has 1 rings (SSSR count). The SMILES string of the molecule is CCCNC(=O)C1COCCN1C(=O)CCCCN. The predicted octanol–water partition coefficient (Wildman–Crippen LogP) is -0.131. The van der Waals surface area contributed by atoms with E-state index in [1.54, 1.807) is 4.90 Å². The van der Waals surface area contributed by atoms with Crippen LogP contribution in [0.1, 0.15) is 32.6 Å². The van der Waals surface area contributed by atoms with Gasteiger partial charge in [0.05, 0.1) is 13.2 Å². The molecule has 3 N–H and O–H groups in total. The van der Waals surface area contributed by atoms with Gasteiger partial charge in [-0.05, 0) is 25.8 Å². The van der Waals surface area contributed by atoms with Crippen molar-refractivity contribution in [2.24, 2.45) is 5.73 Å². The normalized spacial score (nSPS) is 19.3. The van der Waals surface area contributed by atoms with Gasteiger partial charge in [0.25, 0.3) is 0 Å². The number of carbonyl (C=O) groups excluding carboxylic acids is 2. The molecule has 1 unspecified atom stereocenters. The molecule has 0 saturated carbocycles. The Balaban J connectivity index is 2.51. The van der Waals surface area contributed by atoms with E-state index >= 15 is 0 Å². The summed E-state index contributed by atoms with van der Waals surface area (Å²) in [5.41, 5.74) is 5.41. The molecule has 1 atom stereocenters. The van der Waals surface area contributed by atoms with Gasteiger partial charge >= 0.3 is 0 Å². The minimum absolute atomic E-state index is 0.0217. The molecule has 110 valence electrons. The zero-order valence-electron chi connectivity index (χ0n) is 11.7. The van der Waals surface area contributed by atoms with E-state index < -0.39 is 6.04 Å². The molecular weight excluding hydrogens is 246 g/mol. The fraction of sp³-hybridized carbons (Fsp3) is 0.846. The lowest BCUT2D eigenvalue weighted by Gasteiger charge is -2.34. The van der Waals surface area contributed by atoms with Gasteiger partial charge in [0.1, 0.15) is 6.04 Å². The highest BCUT2D eigenvalue weighted by atomic mass is 16.5. The van der Waals surface area contributed by atoms with Gasteiger partial charge in [-0.15, -0.1) is 0 Å². The van der Waals surface area contributed by atoms with Crippen molar-refractivity contribution in [3.63, 3.8) is 0 Å². The van der Waals surface area contributed by atoms with Crippen molar-refractivity contribution >= 4 is 11.8 Å². The number of nitrogens with zero attached hydrogens (tertiary/aromatic N) is 1. The Labute approximate surface area is 114 Å². The van der Waals surface area contributed by atoms with Crippen LogP contribution in [0.5, 0.6) is 0 Å². The van der Waals surface area contributed by atoms with Gasteiger partial charge in [-0.25, -0.2) is 0 Å². The van der Waals surface area contributed by atoms with Crippen LogP contribution >= 0.6 is 0 Å². The molecule has 0 aromatic rings. The van der Waals surface area contributed by atoms with Gasteiger partial charge in [0.2, 0.25) is 11.8 Å². The fourth-order valence-corrected chi connectivity index (χ4v) is 2.05. The molecular formula is C13H25N3O3. The number of nitrogens with one attached hydrogen (secondary N) is 1. The monoisotopic (exact) mass is 271 g/mol. The number of unbranched alkanes of at least 4 members (excludes halogenated alkanes) is 1. The Hall–Kier alpha value is -1.14. The highest BCUT2D eigenvalue weighted by Crippen LogP contribution is 2.11. The van der Waals surface area contributed by atoms with Crippen molar-refractivity contribution in [2.75, 3.05) is 32.8 Å². The summed E-state index contributed by atoms with van der Waals surface area (Å²) in [5.74, 6) is -0.0953. The van der Waals surface area contributed by atoms with E-state index in [2.05, 4.69) is 5.32 Å². The van der Waals surface area contributed by atoms with E-state index in [9.17, 15) is 9.59 Å². The number of ether oxygens (including phenoxy) is 1. The lowest BCUT2D eigenvalue weighted by Crippen LogP contribution is -2.55. The molecule has 2 amide bonds. The van der Waals surface area contributed by atoms with Crippen molar-refractivity contribution in [1.29, 1.82) is 0 Å². The van der Waals surface area contributed by atoms with Crippen LogP contribution in [-0.4, -0.2) is 55.6 Å². The summed E-state index contributed by atoms with van der Waals surface area (Å²) in [6.07, 6.45) is 2.94. The number of hydrogen-bond donors (Lipinski definition) is 2. The Bertz CT molecular complexity index is 297. The lowest BCUT2D eigenvalue weighted by molar-refractivity contribution is -0.148. The zero-order chi connectivity index (χ0) is 14.1. The van der Waals surface area contributed by atoms with E-state index in [-0.39, 0.29) is 18.4 Å². The number of nitrogens with two attached hydrogens (primary N) is 1. The third-order valence-corrected chi connectivity index (χ3v) is 3.15. The van der Waals surface area contributed by atoms with E-state index in [0.717, 1.165) is 19.3 Å². The number of amides is 2. The van der Waals surface area contributed by atoms with Crippen molar-refractivity contribution < 1.29 is 14.3 Å². The second kappa shape index (κ2) is 8.87. The first-order valence-corrected chi connectivity index (χ1v) is 7.05. The molecule has 1 aliphatic heterocycles. The minimum Gasteiger partial charge on any atom is -0.377 e. The molecule has 1 heterocycles. The molecule has 0 spiro atoms. The summed E-state index contributed by atoms with van der Waals surface area (Å²) >= 11 is 0. The van der Waals surface area contributed by atoms with E-state index in [1.807, 2.05) is 6.92 Å². The van der Waals surface area contributed by atoms with Crippen molar-refractivity contribution in [3.8, 4) is 0 Å². The summed E-state index contributed by atoms with van der Waals surface area (Å²) in [6.45, 7) is 4.50. The van der Waals surface area contributed by atoms with Crippen molar-refractivity contribution in [3.05, 3.63) is 0 Å². The molecule has 6 heteroatoms. The first kappa shape index (κ1) is 15.9. The summed E-state index contributed by atoms with van der Waals surface area (Å²) < 4.78 is 5.31. The summed E-state index contributed by atoms with van der Waals surface area (Å²) in [6, 6.07) is -0.481. The highest BCUT2D eigenvalue weighted by Gasteiger charge is 2.32. The topological polar surface area (TPSA) is 84.7 Å². The minimum atomic E-state index is -0.481. The van der Waals surface area contributed by atoms with Crippen LogP contribution in [0.15, 0.2) is 0 Å². The van der Waals surface area contributed by atoms with Crippen LogP contribution < -0.4 is 11.1 Å². The zero-order valence-corrected chi connectivity index (χ0v) is 11.7. The molecule has 1 aliphatic rings. The predicted molar refractivity (Wildman–Crippen MR) is 72.5 cm³/mol. The second-order valence-electron chi connectivity index (χ2n) is 4.71. The second-order valence-corrected chi connectivity index (χ2v) is 4.71. The van der Waals surface area contributed by atoms with Crippen LogP contribution in [0, 0.1) is 0 Å². The van der Waals surface area contributed by atoms with Crippen LogP contribution in [0.2, 0.25) is 0 Å². The molecule has 0 radical (unpaired) electrons. The maximum absolute atomic E-state index is 12.1. The van der Waals surface area contributed by atoms with Gasteiger partial charge in [-0.1, -0.05) is 6.92 Å². The average molecular weight is 271 g/mol. The Morgan fingerprint density at radius 2 is 2.21 bits per heavy atom. The quantitative estimate of drug-likeness (QED) is 0.632. The van der Waals surface area contributed by atoms with Gasteiger partial charge < -0.3 is 20.7 Å². The number of rotatable bonds is 7. The van der Waals surface area contributed by atoms with Gasteiger partial charge in [0, 0.05) is 19.5 Å². The summed E-state index contributed by atoms with van der Waals surface area (Å²) in [4.78, 5) is 25.8. The Kier molecular flexibility index (Phi) is 7.43. The molecule has 6 nitrogen and oxygen atoms in total. The average Bonchev–Trinajstić information content (AvgIpc) is 2.45. The molecule has 1 fully saturated rings. The van der Waals surface area contributed by atoms with Gasteiger partial charge in [-0.2, -0.15) is 0 Å². The summed E-state index contributed by atoms with van der Waals surface area (Å²) in [5, 5.41) is 2.82. The highest BCUT2D eigenvalue weighted by molar-refractivity contribution is 5.88. The third kappa shape index (κ3) is 5.16. The molecule has 19 heavy (non-hydrogen) atoms. The molecule has 0 aromatic carbocycles. The van der Waals surface area contributed by atoms with Crippen LogP contribution in [0.4, 0.5) is 0 Å². The van der Waals surface area contributed by atoms with Crippen LogP contribution in [-0.2, 0) is 14.3 Å². The Morgan fingerprint density at radius 3 is 2.89 bits per heavy atom. The van der Waals surface area contributed by atoms with Gasteiger partial charge in [-0.3, -0.25) is 9.59 Å². The molecule has 0 aromatic heterocycles. The summed E-state index contributed by atoms with van der Waals surface area (Å²) in [7, 11) is 0. The van der Waals surface area contributed by atoms with E-state index in [1.165, 1.54) is 0 Å². The molecule has 0 aliphatic carbocycles. The Morgan fingerprint density at radius 1 is 1.42 bits per heavy atom. The van der Waals surface area contributed by atoms with Crippen molar-refractivity contribution in [2.45, 2.75) is 38.6 Å². The number of morpholine rings is 1. The number of hydrogen-bond acceptors (Lipinski definition) is 4. The first-order valence-electron chi connectivity index (χ1n) is 7.05. The fourth-order valence-electron chi connectivity index (χ4n) is 2.05. The third-order valence-electron chi connectivity index (χ3n) is 3.15. The first-order chi connectivity index (χ1) is 9.20. The van der Waals surface area contributed by atoms with Crippen LogP contribution in [0.25, 0.3) is 0 Å². The van der Waals surface area contributed by atoms with Gasteiger partial charge in [0.15, 0.2) is 0 Å². The van der Waals surface area contributed by atoms with E-state index in [0.29, 0.717) is 32.7 Å². The number of carbonyl (C=O) groups is 2. The maximum Gasteiger partial charge on any atom is 0.245 e. The molecule has 0 bridgehead atoms. The molecule has 1 saturated heterocycles. The largest absolute Gasteiger partial charge is 0.377 e. The lowest BCUT2D eigenvalue weighted by atomic mass is 10.1. The van der Waals surface area contributed by atoms with Crippen LogP contribution in [0.3, 0.4) is 0 Å². The maximum atomic E-state index is 12.1. The standard InChI is InChI=1S/C13H25N3O3/c1-2-7-15-13(18)11-10-19-9-8-16(11)12(17)5-3-4-6-14/h11H,2-10,14H2,1H3,(H,15,18). The smallest absolute Gasteiger partial charge is 0.245 e. The van der Waals surface area contributed by atoms with E-state index in [4.69, 9.17) is 10.5 Å². The van der Waals surface area contributed by atoms with Crippen molar-refractivity contribution in [1.82, 2.24) is 10.2 Å².